The predicted molar refractivity (Wildman–Crippen MR) is 50.0 cm³/mol. The first-order valence-corrected chi connectivity index (χ1v) is 5.67. The normalized spacial score (nSPS) is 47.5. The fourth-order valence-electron chi connectivity index (χ4n) is 3.73. The Balaban J connectivity index is 1.69. The summed E-state index contributed by atoms with van der Waals surface area (Å²) in [6.07, 6.45) is 9.15. The lowest BCUT2D eigenvalue weighted by Gasteiger charge is -2.30. The number of rotatable bonds is 1. The molecule has 3 atom stereocenters. The van der Waals surface area contributed by atoms with Crippen LogP contribution >= 0.6 is 0 Å². The average molecular weight is 165 g/mol. The highest BCUT2D eigenvalue weighted by Gasteiger charge is 2.42. The highest BCUT2D eigenvalue weighted by Crippen LogP contribution is 2.47. The number of hydrogen-bond acceptors (Lipinski definition) is 1. The standard InChI is InChI=1S/C11H19N/c1-2-6-12(5-1)11-8-9-3-4-10(11)7-9/h9-11H,1-8H2/t9-,10+,11-/m1/s1. The predicted octanol–water partition coefficient (Wildman–Crippen LogP) is 2.27. The minimum Gasteiger partial charge on any atom is -0.300 e. The fourth-order valence-corrected chi connectivity index (χ4v) is 3.73. The van der Waals surface area contributed by atoms with E-state index in [1.807, 2.05) is 0 Å². The third kappa shape index (κ3) is 1.02. The Bertz CT molecular complexity index is 172. The number of nitrogens with zero attached hydrogens (tertiary/aromatic N) is 1. The maximum Gasteiger partial charge on any atom is 0.0126 e. The van der Waals surface area contributed by atoms with E-state index >= 15 is 0 Å². The van der Waals surface area contributed by atoms with Gasteiger partial charge >= 0.3 is 0 Å². The molecule has 0 radical (unpaired) electrons. The second-order valence-electron chi connectivity index (χ2n) is 4.99. The quantitative estimate of drug-likeness (QED) is 0.576. The molecule has 0 N–H and O–H groups in total. The zero-order valence-corrected chi connectivity index (χ0v) is 7.84. The summed E-state index contributed by atoms with van der Waals surface area (Å²) in [4.78, 5) is 2.78. The van der Waals surface area contributed by atoms with Crippen LogP contribution in [0, 0.1) is 11.8 Å². The van der Waals surface area contributed by atoms with Gasteiger partial charge in [-0.1, -0.05) is 6.42 Å². The zero-order valence-electron chi connectivity index (χ0n) is 7.84. The van der Waals surface area contributed by atoms with Crippen molar-refractivity contribution >= 4 is 0 Å². The minimum absolute atomic E-state index is 1.02. The van der Waals surface area contributed by atoms with Gasteiger partial charge in [-0.25, -0.2) is 0 Å². The van der Waals surface area contributed by atoms with E-state index in [0.717, 1.165) is 17.9 Å². The highest BCUT2D eigenvalue weighted by atomic mass is 15.2. The van der Waals surface area contributed by atoms with Gasteiger partial charge in [-0.05, 0) is 57.0 Å². The molecule has 3 fully saturated rings. The lowest BCUT2D eigenvalue weighted by molar-refractivity contribution is 0.175. The Kier molecular flexibility index (Phi) is 1.68. The maximum atomic E-state index is 2.78. The largest absolute Gasteiger partial charge is 0.300 e. The van der Waals surface area contributed by atoms with Crippen molar-refractivity contribution in [2.75, 3.05) is 13.1 Å². The van der Waals surface area contributed by atoms with Gasteiger partial charge in [0.15, 0.2) is 0 Å². The van der Waals surface area contributed by atoms with E-state index in [9.17, 15) is 0 Å². The van der Waals surface area contributed by atoms with Gasteiger partial charge in [-0.3, -0.25) is 0 Å². The van der Waals surface area contributed by atoms with E-state index in [1.54, 1.807) is 25.7 Å². The summed E-state index contributed by atoms with van der Waals surface area (Å²) in [5.74, 6) is 2.23. The molecule has 1 heteroatoms. The van der Waals surface area contributed by atoms with E-state index in [1.165, 1.54) is 25.9 Å². The van der Waals surface area contributed by atoms with Crippen molar-refractivity contribution in [2.24, 2.45) is 11.8 Å². The monoisotopic (exact) mass is 165 g/mol. The Hall–Kier alpha value is -0.0400. The third-order valence-electron chi connectivity index (χ3n) is 4.31. The first-order valence-electron chi connectivity index (χ1n) is 5.67. The molecule has 0 aromatic carbocycles. The van der Waals surface area contributed by atoms with Crippen LogP contribution in [0.3, 0.4) is 0 Å². The lowest BCUT2D eigenvalue weighted by atomic mass is 9.94. The van der Waals surface area contributed by atoms with E-state index < -0.39 is 0 Å². The third-order valence-corrected chi connectivity index (χ3v) is 4.31. The summed E-state index contributed by atoms with van der Waals surface area (Å²) >= 11 is 0. The summed E-state index contributed by atoms with van der Waals surface area (Å²) in [6, 6.07) is 1.02. The fraction of sp³-hybridized carbons (Fsp3) is 1.00. The SMILES string of the molecule is C1CCN([C@@H]2C[C@@H]3CC[C@H]2C3)C1. The summed E-state index contributed by atoms with van der Waals surface area (Å²) in [7, 11) is 0. The molecule has 0 amide bonds. The zero-order chi connectivity index (χ0) is 7.97. The van der Waals surface area contributed by atoms with Crippen molar-refractivity contribution in [3.05, 3.63) is 0 Å². The Morgan fingerprint density at radius 1 is 0.917 bits per heavy atom. The minimum atomic E-state index is 1.02. The second kappa shape index (κ2) is 2.73. The van der Waals surface area contributed by atoms with Gasteiger partial charge in [0.2, 0.25) is 0 Å². The van der Waals surface area contributed by atoms with Gasteiger partial charge in [-0.15, -0.1) is 0 Å². The van der Waals surface area contributed by atoms with Gasteiger partial charge in [0.25, 0.3) is 0 Å². The van der Waals surface area contributed by atoms with Crippen molar-refractivity contribution < 1.29 is 0 Å². The molecular formula is C11H19N. The van der Waals surface area contributed by atoms with Gasteiger partial charge < -0.3 is 4.90 Å². The summed E-state index contributed by atoms with van der Waals surface area (Å²) in [5, 5.41) is 0. The maximum absolute atomic E-state index is 2.78. The van der Waals surface area contributed by atoms with Crippen LogP contribution in [0.5, 0.6) is 0 Å². The molecule has 3 aliphatic rings. The van der Waals surface area contributed by atoms with Crippen LogP contribution in [0.4, 0.5) is 0 Å². The Labute approximate surface area is 75.1 Å². The second-order valence-corrected chi connectivity index (χ2v) is 4.99. The van der Waals surface area contributed by atoms with Crippen molar-refractivity contribution in [3.8, 4) is 0 Å². The van der Waals surface area contributed by atoms with E-state index in [0.29, 0.717) is 0 Å². The van der Waals surface area contributed by atoms with Crippen molar-refractivity contribution in [1.82, 2.24) is 4.90 Å². The average Bonchev–Trinajstić information content (AvgIpc) is 2.81. The molecule has 0 aromatic heterocycles. The van der Waals surface area contributed by atoms with Crippen LogP contribution in [0.15, 0.2) is 0 Å². The summed E-state index contributed by atoms with van der Waals surface area (Å²) in [5.41, 5.74) is 0. The smallest absolute Gasteiger partial charge is 0.0126 e. The number of likely N-dealkylation sites (tertiary alicyclic amines) is 1. The molecule has 1 saturated heterocycles. The van der Waals surface area contributed by atoms with Gasteiger partial charge in [0.1, 0.15) is 0 Å². The van der Waals surface area contributed by atoms with Gasteiger partial charge in [0.05, 0.1) is 0 Å². The van der Waals surface area contributed by atoms with Crippen LogP contribution in [-0.4, -0.2) is 24.0 Å². The van der Waals surface area contributed by atoms with Crippen LogP contribution < -0.4 is 0 Å². The summed E-state index contributed by atoms with van der Waals surface area (Å²) in [6.45, 7) is 2.82. The van der Waals surface area contributed by atoms with E-state index in [-0.39, 0.29) is 0 Å². The Morgan fingerprint density at radius 3 is 2.33 bits per heavy atom. The molecule has 0 aromatic rings. The Morgan fingerprint density at radius 2 is 1.75 bits per heavy atom. The molecule has 0 unspecified atom stereocenters. The molecule has 1 nitrogen and oxygen atoms in total. The molecule has 0 spiro atoms. The molecule has 1 aliphatic heterocycles. The van der Waals surface area contributed by atoms with Crippen LogP contribution in [-0.2, 0) is 0 Å². The van der Waals surface area contributed by atoms with E-state index in [2.05, 4.69) is 4.90 Å². The number of fused-ring (bicyclic) bond motifs is 2. The van der Waals surface area contributed by atoms with E-state index in [4.69, 9.17) is 0 Å². The molecule has 12 heavy (non-hydrogen) atoms. The molecule has 2 aliphatic carbocycles. The first kappa shape index (κ1) is 7.37. The molecule has 2 saturated carbocycles. The van der Waals surface area contributed by atoms with Crippen LogP contribution in [0.1, 0.15) is 38.5 Å². The summed E-state index contributed by atoms with van der Waals surface area (Å²) < 4.78 is 0. The molecule has 68 valence electrons. The molecule has 1 heterocycles. The van der Waals surface area contributed by atoms with Crippen molar-refractivity contribution in [3.63, 3.8) is 0 Å². The molecule has 3 rings (SSSR count). The van der Waals surface area contributed by atoms with Crippen LogP contribution in [0.2, 0.25) is 0 Å². The van der Waals surface area contributed by atoms with Gasteiger partial charge in [-0.2, -0.15) is 0 Å². The highest BCUT2D eigenvalue weighted by molar-refractivity contribution is 4.96. The molecule has 2 bridgehead atoms. The van der Waals surface area contributed by atoms with Crippen molar-refractivity contribution in [1.29, 1.82) is 0 Å². The lowest BCUT2D eigenvalue weighted by Crippen LogP contribution is -2.36. The van der Waals surface area contributed by atoms with Gasteiger partial charge in [0, 0.05) is 6.04 Å². The topological polar surface area (TPSA) is 3.24 Å². The van der Waals surface area contributed by atoms with Crippen LogP contribution in [0.25, 0.3) is 0 Å². The first-order chi connectivity index (χ1) is 5.93. The molecular weight excluding hydrogens is 146 g/mol. The number of hydrogen-bond donors (Lipinski definition) is 0. The van der Waals surface area contributed by atoms with Crippen molar-refractivity contribution in [2.45, 2.75) is 44.6 Å².